The van der Waals surface area contributed by atoms with Crippen LogP contribution in [0.3, 0.4) is 0 Å². The van der Waals surface area contributed by atoms with Gasteiger partial charge in [0.1, 0.15) is 5.69 Å². The number of carbonyl (C=O) groups is 2. The van der Waals surface area contributed by atoms with Crippen LogP contribution < -0.4 is 0 Å². The Morgan fingerprint density at radius 3 is 2.46 bits per heavy atom. The maximum Gasteiger partial charge on any atom is 0.354 e. The number of rotatable bonds is 10. The number of methoxy groups -OCH3 is 2. The molecule has 0 spiro atoms. The summed E-state index contributed by atoms with van der Waals surface area (Å²) >= 11 is 6.87. The van der Waals surface area contributed by atoms with Crippen molar-refractivity contribution in [2.45, 2.75) is 52.7 Å². The Morgan fingerprint density at radius 2 is 1.82 bits per heavy atom. The van der Waals surface area contributed by atoms with Crippen LogP contribution in [-0.2, 0) is 54.4 Å². The second kappa shape index (κ2) is 11.6. The van der Waals surface area contributed by atoms with E-state index < -0.39 is 5.97 Å². The maximum absolute atomic E-state index is 12.9. The molecule has 0 saturated heterocycles. The summed E-state index contributed by atoms with van der Waals surface area (Å²) in [4.78, 5) is 24.9. The number of halogens is 1. The molecule has 3 aromatic heterocycles. The number of aliphatic hydroxyl groups excluding tert-OH is 1. The molecule has 0 aliphatic heterocycles. The molecule has 3 heterocycles. The van der Waals surface area contributed by atoms with E-state index >= 15 is 0 Å². The summed E-state index contributed by atoms with van der Waals surface area (Å²) < 4.78 is 15.4. The Kier molecular flexibility index (Phi) is 8.46. The SMILES string of the molecule is COC(=O)CCc1c(C(=O)OC)n(C)c2c(-c3c(C)c(C)nn3CCCc3cc(CO)n(C)n3)c(Cl)ccc12. The first-order valence-corrected chi connectivity index (χ1v) is 13.1. The summed E-state index contributed by atoms with van der Waals surface area (Å²) in [5.41, 5.74) is 7.03. The fourth-order valence-electron chi connectivity index (χ4n) is 5.17. The highest BCUT2D eigenvalue weighted by Crippen LogP contribution is 2.41. The number of aliphatic hydroxyl groups is 1. The Morgan fingerprint density at radius 1 is 1.08 bits per heavy atom. The van der Waals surface area contributed by atoms with Crippen molar-refractivity contribution in [1.82, 2.24) is 24.1 Å². The first kappa shape index (κ1) is 28.4. The first-order chi connectivity index (χ1) is 18.6. The highest BCUT2D eigenvalue weighted by atomic mass is 35.5. The van der Waals surface area contributed by atoms with Gasteiger partial charge in [-0.05, 0) is 56.4 Å². The van der Waals surface area contributed by atoms with Gasteiger partial charge in [-0.1, -0.05) is 17.7 Å². The van der Waals surface area contributed by atoms with E-state index in [9.17, 15) is 14.7 Å². The molecule has 0 radical (unpaired) electrons. The van der Waals surface area contributed by atoms with Crippen LogP contribution in [0, 0.1) is 13.8 Å². The minimum atomic E-state index is -0.491. The molecule has 1 aromatic carbocycles. The van der Waals surface area contributed by atoms with Crippen molar-refractivity contribution >= 4 is 34.4 Å². The molecular weight excluding hydrogens is 522 g/mol. The van der Waals surface area contributed by atoms with Gasteiger partial charge in [0.25, 0.3) is 0 Å². The molecule has 10 nitrogen and oxygen atoms in total. The lowest BCUT2D eigenvalue weighted by Gasteiger charge is -2.13. The van der Waals surface area contributed by atoms with Gasteiger partial charge < -0.3 is 19.1 Å². The third kappa shape index (κ3) is 5.31. The van der Waals surface area contributed by atoms with Crippen molar-refractivity contribution in [2.75, 3.05) is 14.2 Å². The van der Waals surface area contributed by atoms with Crippen LogP contribution in [0.4, 0.5) is 0 Å². The molecule has 0 atom stereocenters. The van der Waals surface area contributed by atoms with E-state index in [-0.39, 0.29) is 19.0 Å². The van der Waals surface area contributed by atoms with Gasteiger partial charge in [-0.25, -0.2) is 4.79 Å². The van der Waals surface area contributed by atoms with Gasteiger partial charge in [0.15, 0.2) is 0 Å². The highest BCUT2D eigenvalue weighted by Gasteiger charge is 2.27. The molecule has 1 N–H and O–H groups in total. The van der Waals surface area contributed by atoms with E-state index in [4.69, 9.17) is 26.2 Å². The van der Waals surface area contributed by atoms with E-state index in [0.717, 1.165) is 57.6 Å². The van der Waals surface area contributed by atoms with Gasteiger partial charge >= 0.3 is 11.9 Å². The number of ether oxygens (including phenoxy) is 2. The molecule has 0 aliphatic carbocycles. The van der Waals surface area contributed by atoms with Crippen molar-refractivity contribution in [1.29, 1.82) is 0 Å². The molecule has 0 fully saturated rings. The Bertz CT molecular complexity index is 1550. The van der Waals surface area contributed by atoms with Crippen molar-refractivity contribution in [3.8, 4) is 11.3 Å². The quantitative estimate of drug-likeness (QED) is 0.293. The number of hydrogen-bond donors (Lipinski definition) is 1. The standard InChI is InChI=1S/C28H34ClN5O5/c1-16-17(2)30-34(13-7-8-18-14-19(15-35)33(4)31-18)25(16)24-22(29)11-9-20-21(10-12-23(36)38-5)27(28(37)39-6)32(3)26(20)24/h9,11,14,35H,7-8,10,12-13,15H2,1-6H3. The summed E-state index contributed by atoms with van der Waals surface area (Å²) in [5.74, 6) is -0.852. The predicted octanol–water partition coefficient (Wildman–Crippen LogP) is 4.06. The molecule has 4 rings (SSSR count). The summed E-state index contributed by atoms with van der Waals surface area (Å²) in [7, 11) is 6.30. The topological polar surface area (TPSA) is 113 Å². The third-order valence-corrected chi connectivity index (χ3v) is 7.57. The second-order valence-corrected chi connectivity index (χ2v) is 9.97. The van der Waals surface area contributed by atoms with Crippen LogP contribution in [0.15, 0.2) is 18.2 Å². The van der Waals surface area contributed by atoms with E-state index in [1.165, 1.54) is 14.2 Å². The number of aromatic nitrogens is 5. The number of carbonyl (C=O) groups excluding carboxylic acids is 2. The zero-order chi connectivity index (χ0) is 28.4. The lowest BCUT2D eigenvalue weighted by molar-refractivity contribution is -0.140. The highest BCUT2D eigenvalue weighted by molar-refractivity contribution is 6.35. The molecule has 0 saturated carbocycles. The van der Waals surface area contributed by atoms with Crippen molar-refractivity contribution in [3.05, 3.63) is 57.1 Å². The van der Waals surface area contributed by atoms with Crippen LogP contribution in [-0.4, -0.2) is 55.4 Å². The van der Waals surface area contributed by atoms with Crippen molar-refractivity contribution in [2.24, 2.45) is 14.1 Å². The summed E-state index contributed by atoms with van der Waals surface area (Å²) in [6.07, 6.45) is 1.93. The molecule has 208 valence electrons. The zero-order valence-corrected chi connectivity index (χ0v) is 23.9. The van der Waals surface area contributed by atoms with E-state index in [0.29, 0.717) is 29.2 Å². The van der Waals surface area contributed by atoms with E-state index in [1.807, 2.05) is 43.8 Å². The van der Waals surface area contributed by atoms with Crippen molar-refractivity contribution in [3.63, 3.8) is 0 Å². The molecular formula is C28H34ClN5O5. The number of esters is 2. The minimum absolute atomic E-state index is 0.0560. The van der Waals surface area contributed by atoms with Crippen LogP contribution in [0.25, 0.3) is 22.2 Å². The van der Waals surface area contributed by atoms with Crippen LogP contribution in [0.5, 0.6) is 0 Å². The molecule has 39 heavy (non-hydrogen) atoms. The zero-order valence-electron chi connectivity index (χ0n) is 23.2. The molecule has 0 unspecified atom stereocenters. The fraction of sp³-hybridized carbons (Fsp3) is 0.429. The molecule has 0 aliphatic rings. The lowest BCUT2D eigenvalue weighted by atomic mass is 10.00. The van der Waals surface area contributed by atoms with E-state index in [1.54, 1.807) is 16.3 Å². The van der Waals surface area contributed by atoms with Crippen LogP contribution in [0.1, 0.15) is 51.5 Å². The van der Waals surface area contributed by atoms with Crippen LogP contribution in [0.2, 0.25) is 5.02 Å². The monoisotopic (exact) mass is 555 g/mol. The van der Waals surface area contributed by atoms with Crippen LogP contribution >= 0.6 is 11.6 Å². The smallest absolute Gasteiger partial charge is 0.354 e. The summed E-state index contributed by atoms with van der Waals surface area (Å²) in [6, 6.07) is 5.60. The van der Waals surface area contributed by atoms with Gasteiger partial charge in [-0.15, -0.1) is 0 Å². The van der Waals surface area contributed by atoms with Gasteiger partial charge in [0, 0.05) is 38.0 Å². The number of nitrogens with zero attached hydrogens (tertiary/aromatic N) is 5. The molecule has 0 amide bonds. The minimum Gasteiger partial charge on any atom is -0.469 e. The third-order valence-electron chi connectivity index (χ3n) is 7.25. The molecule has 11 heteroatoms. The van der Waals surface area contributed by atoms with Gasteiger partial charge in [0.05, 0.1) is 54.1 Å². The molecule has 0 bridgehead atoms. The summed E-state index contributed by atoms with van der Waals surface area (Å²) in [6.45, 7) is 4.53. The number of fused-ring (bicyclic) bond motifs is 1. The maximum atomic E-state index is 12.9. The number of benzene rings is 1. The second-order valence-electron chi connectivity index (χ2n) is 9.57. The average molecular weight is 556 g/mol. The molecule has 4 aromatic rings. The van der Waals surface area contributed by atoms with Gasteiger partial charge in [-0.2, -0.15) is 10.2 Å². The largest absolute Gasteiger partial charge is 0.469 e. The Hall–Kier alpha value is -3.63. The van der Waals surface area contributed by atoms with Gasteiger partial charge in [0.2, 0.25) is 0 Å². The normalized spacial score (nSPS) is 11.4. The fourth-order valence-corrected chi connectivity index (χ4v) is 5.41. The van der Waals surface area contributed by atoms with Gasteiger partial charge in [-0.3, -0.25) is 14.2 Å². The van der Waals surface area contributed by atoms with E-state index in [2.05, 4.69) is 5.10 Å². The van der Waals surface area contributed by atoms with Crippen molar-refractivity contribution < 1.29 is 24.2 Å². The predicted molar refractivity (Wildman–Crippen MR) is 148 cm³/mol. The summed E-state index contributed by atoms with van der Waals surface area (Å²) in [5, 5.41) is 20.1. The Balaban J connectivity index is 1.81. The number of aryl methyl sites for hydroxylation is 6. The first-order valence-electron chi connectivity index (χ1n) is 12.7. The average Bonchev–Trinajstić information content (AvgIpc) is 3.52. The number of hydrogen-bond acceptors (Lipinski definition) is 7. The lowest BCUT2D eigenvalue weighted by Crippen LogP contribution is -2.12. The Labute approximate surface area is 232 Å².